The summed E-state index contributed by atoms with van der Waals surface area (Å²) < 4.78 is 0. The maximum absolute atomic E-state index is 5.71. The monoisotopic (exact) mass is 382 g/mol. The molecule has 4 nitrogen and oxygen atoms in total. The van der Waals surface area contributed by atoms with Crippen LogP contribution in [-0.4, -0.2) is 57.8 Å². The Kier molecular flexibility index (Phi) is 7.17. The molecule has 0 spiro atoms. The molecule has 0 aromatic heterocycles. The Morgan fingerprint density at radius 1 is 0.760 bits per heavy atom. The van der Waals surface area contributed by atoms with Gasteiger partial charge in [0.15, 0.2) is 10.2 Å². The summed E-state index contributed by atoms with van der Waals surface area (Å²) in [5, 5.41) is 9.13. The summed E-state index contributed by atoms with van der Waals surface area (Å²) >= 11 is 11.4. The summed E-state index contributed by atoms with van der Waals surface area (Å²) in [6.45, 7) is 5.16. The van der Waals surface area contributed by atoms with Gasteiger partial charge in [0.2, 0.25) is 0 Å². The van der Waals surface area contributed by atoms with Crippen LogP contribution in [0.2, 0.25) is 0 Å². The molecule has 3 aliphatic rings. The first-order chi connectivity index (χ1) is 12.1. The zero-order chi connectivity index (χ0) is 17.6. The maximum atomic E-state index is 5.71. The number of piperazine rings is 1. The van der Waals surface area contributed by atoms with Crippen LogP contribution in [0.15, 0.2) is 0 Å². The number of nitrogens with zero attached hydrogens (tertiary/aromatic N) is 2. The lowest BCUT2D eigenvalue weighted by molar-refractivity contribution is 0.189. The highest BCUT2D eigenvalue weighted by atomic mass is 32.1. The molecule has 0 amide bonds. The molecule has 1 atom stereocenters. The molecule has 3 rings (SSSR count). The van der Waals surface area contributed by atoms with Crippen LogP contribution < -0.4 is 10.6 Å². The number of hydrogen-bond acceptors (Lipinski definition) is 2. The van der Waals surface area contributed by atoms with E-state index in [2.05, 4.69) is 27.4 Å². The third-order valence-corrected chi connectivity index (χ3v) is 6.77. The van der Waals surface area contributed by atoms with Crippen molar-refractivity contribution in [2.75, 3.05) is 19.6 Å². The van der Waals surface area contributed by atoms with Gasteiger partial charge in [-0.05, 0) is 57.0 Å². The van der Waals surface area contributed by atoms with Crippen molar-refractivity contribution >= 4 is 34.7 Å². The van der Waals surface area contributed by atoms with Gasteiger partial charge in [-0.1, -0.05) is 38.5 Å². The molecule has 0 radical (unpaired) electrons. The van der Waals surface area contributed by atoms with Crippen molar-refractivity contribution in [3.63, 3.8) is 0 Å². The van der Waals surface area contributed by atoms with Crippen molar-refractivity contribution in [1.82, 2.24) is 20.4 Å². The summed E-state index contributed by atoms with van der Waals surface area (Å²) in [6.07, 6.45) is 13.2. The second-order valence-corrected chi connectivity index (χ2v) is 8.83. The number of rotatable bonds is 2. The normalized spacial score (nSPS) is 26.4. The molecule has 0 aromatic carbocycles. The molecule has 0 bridgehead atoms. The fourth-order valence-corrected chi connectivity index (χ4v) is 5.23. The van der Waals surface area contributed by atoms with Gasteiger partial charge in [0.05, 0.1) is 0 Å². The molecule has 25 heavy (non-hydrogen) atoms. The van der Waals surface area contributed by atoms with Gasteiger partial charge in [-0.15, -0.1) is 0 Å². The molecular weight excluding hydrogens is 348 g/mol. The summed E-state index contributed by atoms with van der Waals surface area (Å²) in [4.78, 5) is 4.71. The van der Waals surface area contributed by atoms with Gasteiger partial charge >= 0.3 is 0 Å². The Balaban J connectivity index is 1.44. The first-order valence-corrected chi connectivity index (χ1v) is 11.1. The fourth-order valence-electron chi connectivity index (χ4n) is 4.46. The molecule has 0 unspecified atom stereocenters. The Morgan fingerprint density at radius 3 is 1.80 bits per heavy atom. The highest BCUT2D eigenvalue weighted by molar-refractivity contribution is 7.80. The minimum Gasteiger partial charge on any atom is -0.360 e. The van der Waals surface area contributed by atoms with Gasteiger partial charge in [-0.2, -0.15) is 0 Å². The first-order valence-electron chi connectivity index (χ1n) is 10.3. The van der Waals surface area contributed by atoms with Crippen LogP contribution in [0, 0.1) is 0 Å². The number of nitrogens with one attached hydrogen (secondary N) is 2. The van der Waals surface area contributed by atoms with E-state index in [0.717, 1.165) is 29.9 Å². The van der Waals surface area contributed by atoms with E-state index in [1.165, 1.54) is 64.2 Å². The van der Waals surface area contributed by atoms with Gasteiger partial charge in [0.1, 0.15) is 0 Å². The second kappa shape index (κ2) is 9.36. The largest absolute Gasteiger partial charge is 0.360 e. The Labute approximate surface area is 164 Å². The third kappa shape index (κ3) is 5.43. The SMILES string of the molecule is C[C@@H]1CN(C(=S)NC2CCCCC2)CCN1C(=S)NC1CCCCC1. The van der Waals surface area contributed by atoms with Crippen LogP contribution in [0.1, 0.15) is 71.1 Å². The smallest absolute Gasteiger partial charge is 0.169 e. The maximum Gasteiger partial charge on any atom is 0.169 e. The quantitative estimate of drug-likeness (QED) is 0.712. The van der Waals surface area contributed by atoms with E-state index in [0.29, 0.717) is 18.1 Å². The summed E-state index contributed by atoms with van der Waals surface area (Å²) in [7, 11) is 0. The molecule has 3 fully saturated rings. The zero-order valence-electron chi connectivity index (χ0n) is 15.6. The van der Waals surface area contributed by atoms with Crippen LogP contribution in [0.5, 0.6) is 0 Å². The topological polar surface area (TPSA) is 30.5 Å². The van der Waals surface area contributed by atoms with Crippen molar-refractivity contribution in [3.05, 3.63) is 0 Å². The molecule has 1 aliphatic heterocycles. The van der Waals surface area contributed by atoms with Gasteiger partial charge in [0, 0.05) is 37.8 Å². The average molecular weight is 383 g/mol. The van der Waals surface area contributed by atoms with Crippen molar-refractivity contribution in [2.24, 2.45) is 0 Å². The van der Waals surface area contributed by atoms with Gasteiger partial charge in [-0.25, -0.2) is 0 Å². The highest BCUT2D eigenvalue weighted by Gasteiger charge is 2.28. The summed E-state index contributed by atoms with van der Waals surface area (Å²) in [6, 6.07) is 1.58. The average Bonchev–Trinajstić information content (AvgIpc) is 2.63. The molecule has 1 heterocycles. The van der Waals surface area contributed by atoms with Crippen molar-refractivity contribution in [1.29, 1.82) is 0 Å². The molecule has 142 valence electrons. The van der Waals surface area contributed by atoms with Crippen LogP contribution in [0.3, 0.4) is 0 Å². The van der Waals surface area contributed by atoms with Crippen LogP contribution in [0.25, 0.3) is 0 Å². The van der Waals surface area contributed by atoms with E-state index < -0.39 is 0 Å². The van der Waals surface area contributed by atoms with E-state index in [1.807, 2.05) is 0 Å². The standard InChI is InChI=1S/C19H34N4S2/c1-15-14-22(18(24)20-16-8-4-2-5-9-16)12-13-23(15)19(25)21-17-10-6-3-7-11-17/h15-17H,2-14H2,1H3,(H,20,24)(H,21,25)/t15-/m1/s1. The van der Waals surface area contributed by atoms with E-state index in [1.54, 1.807) is 0 Å². The van der Waals surface area contributed by atoms with Crippen molar-refractivity contribution in [3.8, 4) is 0 Å². The van der Waals surface area contributed by atoms with Gasteiger partial charge in [0.25, 0.3) is 0 Å². The molecule has 0 aromatic rings. The van der Waals surface area contributed by atoms with E-state index >= 15 is 0 Å². The Bertz CT molecular complexity index is 458. The van der Waals surface area contributed by atoms with E-state index in [-0.39, 0.29) is 0 Å². The predicted molar refractivity (Wildman–Crippen MR) is 113 cm³/mol. The predicted octanol–water partition coefficient (Wildman–Crippen LogP) is 3.41. The van der Waals surface area contributed by atoms with Crippen LogP contribution >= 0.6 is 24.4 Å². The lowest BCUT2D eigenvalue weighted by Gasteiger charge is -2.43. The summed E-state index contributed by atoms with van der Waals surface area (Å²) in [5.74, 6) is 0. The number of thiocarbonyl (C=S) groups is 2. The fraction of sp³-hybridized carbons (Fsp3) is 0.895. The molecule has 1 saturated heterocycles. The van der Waals surface area contributed by atoms with Gasteiger partial charge < -0.3 is 20.4 Å². The van der Waals surface area contributed by atoms with E-state index in [9.17, 15) is 0 Å². The minimum atomic E-state index is 0.406. The molecular formula is C19H34N4S2. The molecule has 2 saturated carbocycles. The number of hydrogen-bond donors (Lipinski definition) is 2. The zero-order valence-corrected chi connectivity index (χ0v) is 17.3. The first kappa shape index (κ1) is 19.2. The van der Waals surface area contributed by atoms with Gasteiger partial charge in [-0.3, -0.25) is 0 Å². The van der Waals surface area contributed by atoms with E-state index in [4.69, 9.17) is 24.4 Å². The lowest BCUT2D eigenvalue weighted by atomic mass is 9.95. The Hall–Kier alpha value is -0.620. The molecule has 6 heteroatoms. The summed E-state index contributed by atoms with van der Waals surface area (Å²) in [5.41, 5.74) is 0. The molecule has 2 N–H and O–H groups in total. The second-order valence-electron chi connectivity index (χ2n) is 8.06. The van der Waals surface area contributed by atoms with Crippen LogP contribution in [0.4, 0.5) is 0 Å². The van der Waals surface area contributed by atoms with Crippen molar-refractivity contribution < 1.29 is 0 Å². The Morgan fingerprint density at radius 2 is 1.28 bits per heavy atom. The van der Waals surface area contributed by atoms with Crippen molar-refractivity contribution in [2.45, 2.75) is 89.3 Å². The molecule has 2 aliphatic carbocycles. The third-order valence-electron chi connectivity index (χ3n) is 6.04. The van der Waals surface area contributed by atoms with Crippen LogP contribution in [-0.2, 0) is 0 Å². The lowest BCUT2D eigenvalue weighted by Crippen LogP contribution is -2.60. The minimum absolute atomic E-state index is 0.406. The highest BCUT2D eigenvalue weighted by Crippen LogP contribution is 2.20.